The number of hydrogen-bond acceptors (Lipinski definition) is 4. The van der Waals surface area contributed by atoms with Gasteiger partial charge in [0.05, 0.1) is 13.2 Å². The van der Waals surface area contributed by atoms with E-state index in [1.807, 2.05) is 23.1 Å². The number of amides is 1. The van der Waals surface area contributed by atoms with E-state index in [4.69, 9.17) is 4.74 Å². The van der Waals surface area contributed by atoms with Gasteiger partial charge in [-0.25, -0.2) is 0 Å². The van der Waals surface area contributed by atoms with Gasteiger partial charge in [-0.05, 0) is 28.5 Å². The van der Waals surface area contributed by atoms with Crippen LogP contribution in [0.3, 0.4) is 0 Å². The van der Waals surface area contributed by atoms with E-state index in [9.17, 15) is 4.79 Å². The molecule has 1 aliphatic heterocycles. The molecule has 1 aliphatic rings. The highest BCUT2D eigenvalue weighted by Crippen LogP contribution is 2.33. The van der Waals surface area contributed by atoms with Gasteiger partial charge in [-0.2, -0.15) is 11.3 Å². The molecule has 1 fully saturated rings. The number of hydrogen-bond donors (Lipinski definition) is 0. The van der Waals surface area contributed by atoms with Gasteiger partial charge in [0, 0.05) is 38.7 Å². The van der Waals surface area contributed by atoms with Crippen molar-refractivity contribution in [3.8, 4) is 5.75 Å². The minimum Gasteiger partial charge on any atom is -0.496 e. The lowest BCUT2D eigenvalue weighted by atomic mass is 10.0. The largest absolute Gasteiger partial charge is 0.496 e. The predicted octanol–water partition coefficient (Wildman–Crippen LogP) is 3.16. The Labute approximate surface area is 141 Å². The fourth-order valence-corrected chi connectivity index (χ4v) is 3.81. The van der Waals surface area contributed by atoms with Gasteiger partial charge in [0.2, 0.25) is 5.91 Å². The summed E-state index contributed by atoms with van der Waals surface area (Å²) in [6.07, 6.45) is 0. The Hall–Kier alpha value is -1.85. The molecule has 23 heavy (non-hydrogen) atoms. The molecule has 2 aromatic rings. The summed E-state index contributed by atoms with van der Waals surface area (Å²) in [5, 5.41) is 4.30. The third-order valence-electron chi connectivity index (χ3n) is 4.40. The standard InChI is InChI=1S/C18H22N2O2S/c1-14(21)19-8-9-20(11-15-7-10-23-13-15)17(12-19)16-5-3-4-6-18(16)22-2/h3-7,10,13,17H,8-9,11-12H2,1-2H3/t17-/m1/s1. The Kier molecular flexibility index (Phi) is 4.98. The number of nitrogens with zero attached hydrogens (tertiary/aromatic N) is 2. The molecule has 0 N–H and O–H groups in total. The minimum atomic E-state index is 0.139. The van der Waals surface area contributed by atoms with Crippen LogP contribution >= 0.6 is 11.3 Å². The summed E-state index contributed by atoms with van der Waals surface area (Å²) >= 11 is 1.72. The second kappa shape index (κ2) is 7.15. The highest BCUT2D eigenvalue weighted by molar-refractivity contribution is 7.07. The summed E-state index contributed by atoms with van der Waals surface area (Å²) in [6.45, 7) is 4.91. The molecule has 0 radical (unpaired) electrons. The van der Waals surface area contributed by atoms with E-state index < -0.39 is 0 Å². The van der Waals surface area contributed by atoms with Gasteiger partial charge in [-0.15, -0.1) is 0 Å². The fraction of sp³-hybridized carbons (Fsp3) is 0.389. The second-order valence-electron chi connectivity index (χ2n) is 5.82. The molecule has 0 spiro atoms. The van der Waals surface area contributed by atoms with Gasteiger partial charge in [-0.3, -0.25) is 9.69 Å². The van der Waals surface area contributed by atoms with Crippen LogP contribution in [0.15, 0.2) is 41.1 Å². The first-order valence-corrected chi connectivity index (χ1v) is 8.77. The van der Waals surface area contributed by atoms with Crippen LogP contribution in [0.5, 0.6) is 5.75 Å². The molecule has 1 aromatic carbocycles. The zero-order valence-corrected chi connectivity index (χ0v) is 14.4. The first-order valence-electron chi connectivity index (χ1n) is 7.82. The molecule has 1 atom stereocenters. The Morgan fingerprint density at radius 1 is 1.30 bits per heavy atom. The maximum atomic E-state index is 11.8. The van der Waals surface area contributed by atoms with Crippen molar-refractivity contribution in [1.29, 1.82) is 0 Å². The summed E-state index contributed by atoms with van der Waals surface area (Å²) in [5.41, 5.74) is 2.47. The van der Waals surface area contributed by atoms with Crippen molar-refractivity contribution in [2.24, 2.45) is 0 Å². The van der Waals surface area contributed by atoms with Crippen LogP contribution in [0.1, 0.15) is 24.1 Å². The number of piperazine rings is 1. The predicted molar refractivity (Wildman–Crippen MR) is 92.7 cm³/mol. The Morgan fingerprint density at radius 2 is 2.13 bits per heavy atom. The van der Waals surface area contributed by atoms with Crippen molar-refractivity contribution in [1.82, 2.24) is 9.80 Å². The van der Waals surface area contributed by atoms with Crippen LogP contribution in [0.25, 0.3) is 0 Å². The number of benzene rings is 1. The van der Waals surface area contributed by atoms with E-state index in [1.54, 1.807) is 25.4 Å². The molecule has 1 saturated heterocycles. The minimum absolute atomic E-state index is 0.139. The SMILES string of the molecule is COc1ccccc1[C@H]1CN(C(C)=O)CCN1Cc1ccsc1. The Balaban J connectivity index is 1.89. The molecule has 3 rings (SSSR count). The van der Waals surface area contributed by atoms with Gasteiger partial charge in [0.25, 0.3) is 0 Å². The van der Waals surface area contributed by atoms with E-state index in [2.05, 4.69) is 27.8 Å². The number of rotatable bonds is 4. The van der Waals surface area contributed by atoms with Crippen LogP contribution < -0.4 is 4.74 Å². The van der Waals surface area contributed by atoms with Crippen molar-refractivity contribution in [2.45, 2.75) is 19.5 Å². The van der Waals surface area contributed by atoms with E-state index >= 15 is 0 Å². The molecule has 4 nitrogen and oxygen atoms in total. The van der Waals surface area contributed by atoms with E-state index in [0.717, 1.165) is 30.9 Å². The summed E-state index contributed by atoms with van der Waals surface area (Å²) in [6, 6.07) is 10.4. The lowest BCUT2D eigenvalue weighted by Gasteiger charge is -2.41. The summed E-state index contributed by atoms with van der Waals surface area (Å²) in [4.78, 5) is 16.2. The normalized spacial score (nSPS) is 18.9. The molecule has 0 aliphatic carbocycles. The number of thiophene rings is 1. The van der Waals surface area contributed by atoms with E-state index in [-0.39, 0.29) is 11.9 Å². The number of ether oxygens (including phenoxy) is 1. The molecule has 122 valence electrons. The summed E-state index contributed by atoms with van der Waals surface area (Å²) in [5.74, 6) is 1.03. The van der Waals surface area contributed by atoms with Gasteiger partial charge in [0.15, 0.2) is 0 Å². The maximum Gasteiger partial charge on any atom is 0.219 e. The van der Waals surface area contributed by atoms with Crippen molar-refractivity contribution in [3.63, 3.8) is 0 Å². The van der Waals surface area contributed by atoms with Crippen LogP contribution in [0, 0.1) is 0 Å². The van der Waals surface area contributed by atoms with Crippen LogP contribution in [0.2, 0.25) is 0 Å². The lowest BCUT2D eigenvalue weighted by molar-refractivity contribution is -0.132. The summed E-state index contributed by atoms with van der Waals surface area (Å²) in [7, 11) is 1.70. The number of carbonyl (C=O) groups is 1. The molecule has 1 amide bonds. The third-order valence-corrected chi connectivity index (χ3v) is 5.13. The van der Waals surface area contributed by atoms with Crippen LogP contribution in [0.4, 0.5) is 0 Å². The summed E-state index contributed by atoms with van der Waals surface area (Å²) < 4.78 is 5.55. The Bertz CT molecular complexity index is 657. The first kappa shape index (κ1) is 16.0. The fourth-order valence-electron chi connectivity index (χ4n) is 3.15. The smallest absolute Gasteiger partial charge is 0.219 e. The number of methoxy groups -OCH3 is 1. The average Bonchev–Trinajstić information content (AvgIpc) is 3.08. The molecule has 0 saturated carbocycles. The third kappa shape index (κ3) is 3.57. The molecule has 0 bridgehead atoms. The van der Waals surface area contributed by atoms with Crippen molar-refractivity contribution < 1.29 is 9.53 Å². The number of para-hydroxylation sites is 1. The molecular weight excluding hydrogens is 308 g/mol. The monoisotopic (exact) mass is 330 g/mol. The molecule has 2 heterocycles. The van der Waals surface area contributed by atoms with Gasteiger partial charge >= 0.3 is 0 Å². The van der Waals surface area contributed by atoms with Gasteiger partial charge < -0.3 is 9.64 Å². The molecule has 0 unspecified atom stereocenters. The van der Waals surface area contributed by atoms with Gasteiger partial charge in [0.1, 0.15) is 5.75 Å². The van der Waals surface area contributed by atoms with Crippen molar-refractivity contribution in [3.05, 3.63) is 52.2 Å². The topological polar surface area (TPSA) is 32.8 Å². The van der Waals surface area contributed by atoms with Crippen molar-refractivity contribution in [2.75, 3.05) is 26.7 Å². The number of carbonyl (C=O) groups excluding carboxylic acids is 1. The van der Waals surface area contributed by atoms with E-state index in [1.165, 1.54) is 5.56 Å². The van der Waals surface area contributed by atoms with Crippen LogP contribution in [-0.2, 0) is 11.3 Å². The van der Waals surface area contributed by atoms with Crippen LogP contribution in [-0.4, -0.2) is 42.5 Å². The lowest BCUT2D eigenvalue weighted by Crippen LogP contribution is -2.49. The van der Waals surface area contributed by atoms with Gasteiger partial charge in [-0.1, -0.05) is 18.2 Å². The highest BCUT2D eigenvalue weighted by Gasteiger charge is 2.31. The zero-order chi connectivity index (χ0) is 16.2. The highest BCUT2D eigenvalue weighted by atomic mass is 32.1. The quantitative estimate of drug-likeness (QED) is 0.863. The molecular formula is C18H22N2O2S. The average molecular weight is 330 g/mol. The zero-order valence-electron chi connectivity index (χ0n) is 13.6. The van der Waals surface area contributed by atoms with E-state index in [0.29, 0.717) is 6.54 Å². The first-order chi connectivity index (χ1) is 11.2. The second-order valence-corrected chi connectivity index (χ2v) is 6.60. The molecule has 1 aromatic heterocycles. The maximum absolute atomic E-state index is 11.8. The Morgan fingerprint density at radius 3 is 2.83 bits per heavy atom. The van der Waals surface area contributed by atoms with Crippen molar-refractivity contribution >= 4 is 17.2 Å². The molecule has 5 heteroatoms.